The molecule has 15 nitrogen and oxygen atoms in total. The molecular weight excluding hydrogens is 628 g/mol. The maximum absolute atomic E-state index is 13.8. The van der Waals surface area contributed by atoms with Crippen molar-refractivity contribution in [3.63, 3.8) is 0 Å². The van der Waals surface area contributed by atoms with Crippen LogP contribution in [0.2, 0.25) is 0 Å². The van der Waals surface area contributed by atoms with Gasteiger partial charge in [-0.2, -0.15) is 8.62 Å². The molecular formula is C25H37N3O12P2S. The number of phosphoric acid groups is 2. The highest BCUT2D eigenvalue weighted by molar-refractivity contribution is 7.89. The number of rotatable bonds is 15. The Morgan fingerprint density at radius 3 is 2.30 bits per heavy atom. The Kier molecular flexibility index (Phi) is 12.3. The molecule has 2 aromatic carbocycles. The number of nitrogen functional groups attached to an aromatic ring is 1. The molecule has 1 amide bonds. The molecule has 1 aliphatic heterocycles. The van der Waals surface area contributed by atoms with E-state index in [2.05, 4.69) is 9.63 Å². The second-order valence-electron chi connectivity index (χ2n) is 10.3. The molecule has 3 rings (SSSR count). The molecule has 240 valence electrons. The van der Waals surface area contributed by atoms with Crippen LogP contribution in [0.15, 0.2) is 59.5 Å². The summed E-state index contributed by atoms with van der Waals surface area (Å²) in [5.41, 5.74) is 6.66. The van der Waals surface area contributed by atoms with Gasteiger partial charge in [0.15, 0.2) is 0 Å². The lowest BCUT2D eigenvalue weighted by molar-refractivity contribution is 0.0595. The minimum atomic E-state index is -5.54. The third kappa shape index (κ3) is 11.6. The van der Waals surface area contributed by atoms with Crippen LogP contribution in [0.5, 0.6) is 0 Å². The summed E-state index contributed by atoms with van der Waals surface area (Å²) in [6, 6.07) is 12.7. The van der Waals surface area contributed by atoms with Gasteiger partial charge >= 0.3 is 21.7 Å². The maximum Gasteiger partial charge on any atom is 0.481 e. The fourth-order valence-electron chi connectivity index (χ4n) is 4.31. The maximum atomic E-state index is 13.8. The number of phosphoric ester groups is 1. The largest absolute Gasteiger partial charge is 0.481 e. The van der Waals surface area contributed by atoms with Gasteiger partial charge in [0, 0.05) is 25.2 Å². The highest BCUT2D eigenvalue weighted by atomic mass is 32.2. The van der Waals surface area contributed by atoms with Gasteiger partial charge in [0.05, 0.1) is 24.2 Å². The summed E-state index contributed by atoms with van der Waals surface area (Å²) in [6.45, 7) is 3.32. The molecule has 1 unspecified atom stereocenters. The predicted molar refractivity (Wildman–Crippen MR) is 155 cm³/mol. The molecule has 18 heteroatoms. The van der Waals surface area contributed by atoms with Crippen molar-refractivity contribution in [2.45, 2.75) is 49.8 Å². The smallest absolute Gasteiger partial charge is 0.444 e. The average molecular weight is 666 g/mol. The minimum Gasteiger partial charge on any atom is -0.444 e. The summed E-state index contributed by atoms with van der Waals surface area (Å²) in [4.78, 5) is 41.5. The molecule has 0 aromatic heterocycles. The fourth-order valence-corrected chi connectivity index (χ4v) is 7.71. The van der Waals surface area contributed by atoms with E-state index in [-0.39, 0.29) is 30.4 Å². The number of benzene rings is 2. The first kappa shape index (κ1) is 35.1. The Labute approximate surface area is 250 Å². The molecule has 43 heavy (non-hydrogen) atoms. The van der Waals surface area contributed by atoms with Crippen molar-refractivity contribution in [2.24, 2.45) is 5.92 Å². The summed E-state index contributed by atoms with van der Waals surface area (Å²) in [5, 5.41) is 2.57. The molecule has 1 aliphatic rings. The summed E-state index contributed by atoms with van der Waals surface area (Å²) in [7, 11) is -15.4. The summed E-state index contributed by atoms with van der Waals surface area (Å²) in [6.07, 6.45) is -2.79. The van der Waals surface area contributed by atoms with Crippen LogP contribution in [0.25, 0.3) is 0 Å². The molecule has 0 spiro atoms. The average Bonchev–Trinajstić information content (AvgIpc) is 3.39. The molecule has 4 atom stereocenters. The quantitative estimate of drug-likeness (QED) is 0.136. The van der Waals surface area contributed by atoms with Gasteiger partial charge in [0.1, 0.15) is 12.2 Å². The van der Waals surface area contributed by atoms with Crippen LogP contribution in [-0.4, -0.2) is 78.0 Å². The van der Waals surface area contributed by atoms with Crippen molar-refractivity contribution in [3.8, 4) is 0 Å². The van der Waals surface area contributed by atoms with Crippen molar-refractivity contribution in [2.75, 3.05) is 32.0 Å². The van der Waals surface area contributed by atoms with E-state index in [1.807, 2.05) is 0 Å². The number of hydrogen-bond acceptors (Lipinski definition) is 10. The van der Waals surface area contributed by atoms with Crippen LogP contribution in [0.3, 0.4) is 0 Å². The van der Waals surface area contributed by atoms with Gasteiger partial charge < -0.3 is 35.2 Å². The van der Waals surface area contributed by atoms with E-state index in [1.165, 1.54) is 24.3 Å². The molecule has 1 heterocycles. The number of nitrogens with two attached hydrogens (primary N) is 1. The zero-order valence-corrected chi connectivity index (χ0v) is 26.2. The number of nitrogens with one attached hydrogen (secondary N) is 1. The van der Waals surface area contributed by atoms with Crippen LogP contribution in [-0.2, 0) is 43.9 Å². The molecule has 0 radical (unpaired) electrons. The van der Waals surface area contributed by atoms with Gasteiger partial charge in [-0.05, 0) is 42.2 Å². The topological polar surface area (TPSA) is 224 Å². The number of alkyl carbamates (subject to hydrolysis) is 1. The number of anilines is 1. The highest BCUT2D eigenvalue weighted by Crippen LogP contribution is 2.58. The first-order valence-corrected chi connectivity index (χ1v) is 17.7. The third-order valence-electron chi connectivity index (χ3n) is 6.16. The van der Waals surface area contributed by atoms with Crippen LogP contribution in [0.1, 0.15) is 25.8 Å². The second-order valence-corrected chi connectivity index (χ2v) is 15.0. The Bertz CT molecular complexity index is 1400. The second kappa shape index (κ2) is 15.1. The lowest BCUT2D eigenvalue weighted by atomic mass is 10.0. The molecule has 0 bridgehead atoms. The highest BCUT2D eigenvalue weighted by Gasteiger charge is 2.41. The van der Waals surface area contributed by atoms with Crippen LogP contribution in [0, 0.1) is 5.92 Å². The molecule has 6 N–H and O–H groups in total. The van der Waals surface area contributed by atoms with E-state index in [0.717, 1.165) is 4.31 Å². The lowest BCUT2D eigenvalue weighted by Gasteiger charge is -2.33. The number of carbonyl (C=O) groups is 1. The summed E-state index contributed by atoms with van der Waals surface area (Å²) >= 11 is 0. The van der Waals surface area contributed by atoms with Gasteiger partial charge in [-0.25, -0.2) is 22.3 Å². The zero-order valence-electron chi connectivity index (χ0n) is 23.6. The van der Waals surface area contributed by atoms with Gasteiger partial charge in [-0.1, -0.05) is 44.2 Å². The van der Waals surface area contributed by atoms with Crippen molar-refractivity contribution in [1.82, 2.24) is 9.62 Å². The Morgan fingerprint density at radius 2 is 1.74 bits per heavy atom. The van der Waals surface area contributed by atoms with Crippen molar-refractivity contribution >= 4 is 37.4 Å². The van der Waals surface area contributed by atoms with Gasteiger partial charge in [0.2, 0.25) is 10.0 Å². The normalized spacial score (nSPS) is 18.7. The van der Waals surface area contributed by atoms with E-state index in [9.17, 15) is 37.0 Å². The first-order chi connectivity index (χ1) is 20.0. The number of carbonyl (C=O) groups excluding carboxylic acids is 1. The molecule has 0 saturated carbocycles. The number of ether oxygens (including phenoxy) is 2. The monoisotopic (exact) mass is 665 g/mol. The molecule has 0 aliphatic carbocycles. The number of nitrogens with zero attached hydrogens (tertiary/aromatic N) is 1. The SMILES string of the molecule is CC(C)CN(C[C@H](OP(=O)(O)OP(=O)(O)O)[C@H](Cc1ccccc1)NC(=O)O[C@H]1CCOC1)S(=O)(=O)c1ccc(N)cc1. The van der Waals surface area contributed by atoms with Gasteiger partial charge in [0.25, 0.3) is 0 Å². The van der Waals surface area contributed by atoms with Gasteiger partial charge in [-0.15, -0.1) is 0 Å². The first-order valence-electron chi connectivity index (χ1n) is 13.3. The summed E-state index contributed by atoms with van der Waals surface area (Å²) < 4.78 is 72.6. The Hall–Kier alpha value is -2.36. The third-order valence-corrected chi connectivity index (χ3v) is 10.2. The lowest BCUT2D eigenvalue weighted by Crippen LogP contribution is -2.52. The number of amides is 1. The van der Waals surface area contributed by atoms with Crippen molar-refractivity contribution in [3.05, 3.63) is 60.2 Å². The van der Waals surface area contributed by atoms with E-state index in [4.69, 9.17) is 19.7 Å². The molecule has 1 saturated heterocycles. The van der Waals surface area contributed by atoms with Crippen LogP contribution < -0.4 is 11.1 Å². The minimum absolute atomic E-state index is 0.0604. The number of sulfonamides is 1. The van der Waals surface area contributed by atoms with E-state index < -0.39 is 56.6 Å². The zero-order chi connectivity index (χ0) is 31.8. The molecule has 2 aromatic rings. The predicted octanol–water partition coefficient (Wildman–Crippen LogP) is 2.64. The fraction of sp³-hybridized carbons (Fsp3) is 0.480. The van der Waals surface area contributed by atoms with Crippen LogP contribution >= 0.6 is 15.6 Å². The van der Waals surface area contributed by atoms with E-state index in [0.29, 0.717) is 24.3 Å². The number of hydrogen-bond donors (Lipinski definition) is 5. The van der Waals surface area contributed by atoms with Crippen molar-refractivity contribution < 1.29 is 55.3 Å². The van der Waals surface area contributed by atoms with Crippen molar-refractivity contribution in [1.29, 1.82) is 0 Å². The van der Waals surface area contributed by atoms with E-state index in [1.54, 1.807) is 44.2 Å². The standard InChI is InChI=1S/C25H37N3O12P2S/c1-18(2)15-28(43(35,36)22-10-8-20(26)9-11-22)16-24(39-42(33,34)40-41(30,31)32)23(14-19-6-4-3-5-7-19)27-25(29)38-21-12-13-37-17-21/h3-11,18,21,23-24H,12-17,26H2,1-2H3,(H,27,29)(H,33,34)(H2,30,31,32)/t21-,23-,24-/m0/s1. The Morgan fingerprint density at radius 1 is 1.09 bits per heavy atom. The van der Waals surface area contributed by atoms with Gasteiger partial charge in [-0.3, -0.25) is 4.52 Å². The molecule has 1 fully saturated rings. The Balaban J connectivity index is 2.04. The summed E-state index contributed by atoms with van der Waals surface area (Å²) in [5.74, 6) is -0.246. The van der Waals surface area contributed by atoms with E-state index >= 15 is 0 Å². The van der Waals surface area contributed by atoms with Crippen LogP contribution in [0.4, 0.5) is 10.5 Å².